The Kier molecular flexibility index (Phi) is 7.31. The highest BCUT2D eigenvalue weighted by molar-refractivity contribution is 7.10. The van der Waals surface area contributed by atoms with Crippen LogP contribution in [-0.2, 0) is 6.42 Å². The number of aliphatic hydroxyl groups excluding tert-OH is 1. The Labute approximate surface area is 163 Å². The van der Waals surface area contributed by atoms with Crippen LogP contribution in [0.4, 0.5) is 0 Å². The molecule has 0 bridgehead atoms. The van der Waals surface area contributed by atoms with E-state index < -0.39 is 6.10 Å². The molecule has 0 amide bonds. The average Bonchev–Trinajstić information content (AvgIpc) is 3.01. The van der Waals surface area contributed by atoms with E-state index in [1.165, 1.54) is 34.4 Å². The van der Waals surface area contributed by atoms with Gasteiger partial charge in [-0.2, -0.15) is 0 Å². The van der Waals surface area contributed by atoms with Crippen LogP contribution in [0.1, 0.15) is 68.0 Å². The maximum absolute atomic E-state index is 9.83. The van der Waals surface area contributed by atoms with Gasteiger partial charge in [0.1, 0.15) is 5.75 Å². The molecule has 0 aliphatic rings. The molecule has 0 saturated heterocycles. The molecule has 0 aliphatic heterocycles. The van der Waals surface area contributed by atoms with Crippen LogP contribution in [0, 0.1) is 19.3 Å². The Balaban J connectivity index is 1.96. The molecule has 26 heavy (non-hydrogen) atoms. The number of hydrogen-bond acceptors (Lipinski definition) is 3. The topological polar surface area (TPSA) is 29.5 Å². The number of benzene rings is 1. The Hall–Kier alpha value is -1.32. The maximum atomic E-state index is 9.83. The molecule has 1 heterocycles. The Bertz CT molecular complexity index is 700. The zero-order valence-electron chi connectivity index (χ0n) is 17.1. The third-order valence-electron chi connectivity index (χ3n) is 5.40. The third-order valence-corrected chi connectivity index (χ3v) is 6.61. The quantitative estimate of drug-likeness (QED) is 0.560. The second kappa shape index (κ2) is 9.05. The predicted octanol–water partition coefficient (Wildman–Crippen LogP) is 6.28. The lowest BCUT2D eigenvalue weighted by Gasteiger charge is -2.28. The second-order valence-corrected chi connectivity index (χ2v) is 9.17. The molecule has 2 unspecified atom stereocenters. The second-order valence-electron chi connectivity index (χ2n) is 8.22. The summed E-state index contributed by atoms with van der Waals surface area (Å²) in [5.41, 5.74) is 3.67. The fraction of sp³-hybridized carbons (Fsp3) is 0.565. The molecule has 0 aliphatic carbocycles. The first-order chi connectivity index (χ1) is 12.2. The molecule has 1 aromatic heterocycles. The number of ether oxygens (including phenoxy) is 1. The van der Waals surface area contributed by atoms with Crippen LogP contribution in [0.3, 0.4) is 0 Å². The van der Waals surface area contributed by atoms with E-state index in [0.717, 1.165) is 12.2 Å². The van der Waals surface area contributed by atoms with E-state index in [0.29, 0.717) is 12.5 Å². The van der Waals surface area contributed by atoms with Crippen molar-refractivity contribution in [2.75, 3.05) is 6.61 Å². The van der Waals surface area contributed by atoms with E-state index in [-0.39, 0.29) is 5.41 Å². The van der Waals surface area contributed by atoms with Crippen molar-refractivity contribution < 1.29 is 9.84 Å². The highest BCUT2D eigenvalue weighted by atomic mass is 32.1. The summed E-state index contributed by atoms with van der Waals surface area (Å²) in [4.78, 5) is 1.52. The van der Waals surface area contributed by atoms with E-state index in [1.807, 2.05) is 32.1 Å². The summed E-state index contributed by atoms with van der Waals surface area (Å²) in [5, 5.41) is 12.1. The van der Waals surface area contributed by atoms with Crippen molar-refractivity contribution in [1.82, 2.24) is 0 Å². The average molecular weight is 375 g/mol. The summed E-state index contributed by atoms with van der Waals surface area (Å²) >= 11 is 1.89. The molecule has 0 spiro atoms. The van der Waals surface area contributed by atoms with Gasteiger partial charge in [-0.1, -0.05) is 32.9 Å². The van der Waals surface area contributed by atoms with Gasteiger partial charge >= 0.3 is 0 Å². The van der Waals surface area contributed by atoms with E-state index in [4.69, 9.17) is 4.74 Å². The molecule has 0 saturated carbocycles. The lowest BCUT2D eigenvalue weighted by molar-refractivity contribution is 0.0282. The first-order valence-corrected chi connectivity index (χ1v) is 10.6. The normalized spacial score (nSPS) is 14.3. The monoisotopic (exact) mass is 374 g/mol. The van der Waals surface area contributed by atoms with E-state index in [9.17, 15) is 5.11 Å². The summed E-state index contributed by atoms with van der Waals surface area (Å²) < 4.78 is 5.98. The summed E-state index contributed by atoms with van der Waals surface area (Å²) in [6.45, 7) is 12.9. The van der Waals surface area contributed by atoms with Gasteiger partial charge in [0.25, 0.3) is 0 Å². The van der Waals surface area contributed by atoms with Gasteiger partial charge in [-0.05, 0) is 80.2 Å². The van der Waals surface area contributed by atoms with Crippen molar-refractivity contribution in [3.05, 3.63) is 51.2 Å². The molecule has 2 nitrogen and oxygen atoms in total. The fourth-order valence-corrected chi connectivity index (χ4v) is 4.09. The highest BCUT2D eigenvalue weighted by Crippen LogP contribution is 2.31. The minimum absolute atomic E-state index is 0.252. The summed E-state index contributed by atoms with van der Waals surface area (Å²) in [7, 11) is 0. The van der Waals surface area contributed by atoms with Crippen LogP contribution >= 0.6 is 11.3 Å². The first kappa shape index (κ1) is 21.0. The van der Waals surface area contributed by atoms with Crippen LogP contribution in [0.5, 0.6) is 5.75 Å². The molecule has 2 aromatic rings. The Morgan fingerprint density at radius 2 is 1.92 bits per heavy atom. The van der Waals surface area contributed by atoms with Crippen LogP contribution in [-0.4, -0.2) is 17.8 Å². The van der Waals surface area contributed by atoms with Gasteiger partial charge in [0.05, 0.1) is 12.7 Å². The van der Waals surface area contributed by atoms with Crippen molar-refractivity contribution in [2.24, 2.45) is 5.41 Å². The molecule has 2 rings (SSSR count). The van der Waals surface area contributed by atoms with Crippen LogP contribution in [0.2, 0.25) is 0 Å². The standard InChI is InChI=1S/C23H34O2S/c1-7-20(22-12-16(2)14-26-22)10-8-19-9-11-21(17(3)13-19)25-15-23(5,6)18(4)24/h9,11-14,18,20,24H,7-8,10,15H2,1-6H3. The van der Waals surface area contributed by atoms with Crippen LogP contribution in [0.15, 0.2) is 29.6 Å². The molecule has 1 aromatic carbocycles. The molecule has 3 heteroatoms. The van der Waals surface area contributed by atoms with E-state index >= 15 is 0 Å². The van der Waals surface area contributed by atoms with Crippen molar-refractivity contribution in [3.63, 3.8) is 0 Å². The van der Waals surface area contributed by atoms with Crippen molar-refractivity contribution in [3.8, 4) is 5.75 Å². The summed E-state index contributed by atoms with van der Waals surface area (Å²) in [5.74, 6) is 1.57. The highest BCUT2D eigenvalue weighted by Gasteiger charge is 2.25. The molecule has 0 radical (unpaired) electrons. The molecule has 1 N–H and O–H groups in total. The smallest absolute Gasteiger partial charge is 0.122 e. The zero-order valence-corrected chi connectivity index (χ0v) is 18.0. The molecule has 144 valence electrons. The van der Waals surface area contributed by atoms with Gasteiger partial charge in [0.2, 0.25) is 0 Å². The van der Waals surface area contributed by atoms with Crippen molar-refractivity contribution in [2.45, 2.75) is 72.8 Å². The first-order valence-electron chi connectivity index (χ1n) is 9.68. The molecular weight excluding hydrogens is 340 g/mol. The lowest BCUT2D eigenvalue weighted by atomic mass is 9.89. The SMILES string of the molecule is CCC(CCc1ccc(OCC(C)(C)C(C)O)c(C)c1)c1cc(C)cs1. The Morgan fingerprint density at radius 3 is 2.46 bits per heavy atom. The molecule has 0 fully saturated rings. The number of thiophene rings is 1. The van der Waals surface area contributed by atoms with E-state index in [1.54, 1.807) is 0 Å². The van der Waals surface area contributed by atoms with Gasteiger partial charge in [-0.3, -0.25) is 0 Å². The fourth-order valence-electron chi connectivity index (χ4n) is 2.97. The zero-order chi connectivity index (χ0) is 19.3. The predicted molar refractivity (Wildman–Crippen MR) is 113 cm³/mol. The number of aliphatic hydroxyl groups is 1. The lowest BCUT2D eigenvalue weighted by Crippen LogP contribution is -2.32. The largest absolute Gasteiger partial charge is 0.493 e. The van der Waals surface area contributed by atoms with Crippen LogP contribution in [0.25, 0.3) is 0 Å². The number of aryl methyl sites for hydroxylation is 3. The van der Waals surface area contributed by atoms with Gasteiger partial charge < -0.3 is 9.84 Å². The Morgan fingerprint density at radius 1 is 1.19 bits per heavy atom. The van der Waals surface area contributed by atoms with Gasteiger partial charge in [-0.15, -0.1) is 11.3 Å². The minimum Gasteiger partial charge on any atom is -0.493 e. The number of rotatable bonds is 9. The molecule has 2 atom stereocenters. The van der Waals surface area contributed by atoms with Gasteiger partial charge in [0.15, 0.2) is 0 Å². The third kappa shape index (κ3) is 5.59. The summed E-state index contributed by atoms with van der Waals surface area (Å²) in [6, 6.07) is 8.85. The summed E-state index contributed by atoms with van der Waals surface area (Å²) in [6.07, 6.45) is 3.07. The van der Waals surface area contributed by atoms with Crippen molar-refractivity contribution >= 4 is 11.3 Å². The van der Waals surface area contributed by atoms with E-state index in [2.05, 4.69) is 50.4 Å². The molecular formula is C23H34O2S. The van der Waals surface area contributed by atoms with Crippen LogP contribution < -0.4 is 4.74 Å². The number of hydrogen-bond donors (Lipinski definition) is 1. The maximum Gasteiger partial charge on any atom is 0.122 e. The van der Waals surface area contributed by atoms with Gasteiger partial charge in [0, 0.05) is 10.3 Å². The van der Waals surface area contributed by atoms with Gasteiger partial charge in [-0.25, -0.2) is 0 Å². The van der Waals surface area contributed by atoms with Crippen molar-refractivity contribution in [1.29, 1.82) is 0 Å². The minimum atomic E-state index is -0.394.